The average Bonchev–Trinajstić information content (AvgIpc) is 2.66. The summed E-state index contributed by atoms with van der Waals surface area (Å²) in [5.41, 5.74) is 0.343. The molecule has 0 atom stereocenters. The van der Waals surface area contributed by atoms with E-state index in [1.54, 1.807) is 24.3 Å². The maximum absolute atomic E-state index is 14.0. The first-order valence-corrected chi connectivity index (χ1v) is 10.0. The van der Waals surface area contributed by atoms with Gasteiger partial charge in [-0.05, 0) is 57.6 Å². The van der Waals surface area contributed by atoms with Crippen molar-refractivity contribution in [2.24, 2.45) is 5.92 Å². The van der Waals surface area contributed by atoms with E-state index >= 15 is 0 Å². The molecule has 0 saturated carbocycles. The fraction of sp³-hybridized carbons (Fsp3) is 0.429. The van der Waals surface area contributed by atoms with Crippen LogP contribution in [0.2, 0.25) is 0 Å². The Morgan fingerprint density at radius 1 is 0.931 bits per heavy atom. The summed E-state index contributed by atoms with van der Waals surface area (Å²) in [6.07, 6.45) is 1.38. The highest BCUT2D eigenvalue weighted by Gasteiger charge is 2.34. The minimum atomic E-state index is -3.78. The van der Waals surface area contributed by atoms with Crippen LogP contribution >= 0.6 is 15.9 Å². The fourth-order valence-electron chi connectivity index (χ4n) is 3.23. The Balaban J connectivity index is 1.61. The molecule has 0 radical (unpaired) electrons. The van der Waals surface area contributed by atoms with Gasteiger partial charge in [-0.1, -0.05) is 24.3 Å². The van der Waals surface area contributed by atoms with E-state index in [0.29, 0.717) is 38.0 Å². The van der Waals surface area contributed by atoms with Crippen molar-refractivity contribution in [3.05, 3.63) is 59.2 Å². The van der Waals surface area contributed by atoms with Crippen LogP contribution in [0, 0.1) is 17.6 Å². The summed E-state index contributed by atoms with van der Waals surface area (Å²) >= 11 is 1.99. The van der Waals surface area contributed by atoms with Crippen molar-refractivity contribution >= 4 is 15.9 Å². The maximum Gasteiger partial charge on any atom is 0.332 e. The standard InChI is InChI=1S/C21H20BrF5O2/c22-21(26,27)20-17(24)9-16(10-18(20)25)15-4-1-13(2-5-15)3-6-19-28-11-14(7-8-23)12-29-19/h1-2,4-5,9-10,14,19H,3,6-8,11-12H2. The molecule has 1 fully saturated rings. The molecule has 0 aliphatic carbocycles. The van der Waals surface area contributed by atoms with Crippen LogP contribution in [0.5, 0.6) is 0 Å². The largest absolute Gasteiger partial charge is 0.352 e. The average molecular weight is 479 g/mol. The molecule has 2 aromatic carbocycles. The summed E-state index contributed by atoms with van der Waals surface area (Å²) < 4.78 is 78.0. The minimum Gasteiger partial charge on any atom is -0.352 e. The van der Waals surface area contributed by atoms with Gasteiger partial charge in [-0.15, -0.1) is 0 Å². The topological polar surface area (TPSA) is 18.5 Å². The molecule has 0 spiro atoms. The Morgan fingerprint density at radius 2 is 1.52 bits per heavy atom. The quantitative estimate of drug-likeness (QED) is 0.340. The molecule has 158 valence electrons. The molecule has 0 amide bonds. The van der Waals surface area contributed by atoms with Crippen molar-refractivity contribution in [1.82, 2.24) is 0 Å². The van der Waals surface area contributed by atoms with Gasteiger partial charge >= 0.3 is 4.83 Å². The smallest absolute Gasteiger partial charge is 0.332 e. The van der Waals surface area contributed by atoms with Crippen molar-refractivity contribution in [3.63, 3.8) is 0 Å². The zero-order chi connectivity index (χ0) is 21.0. The third-order valence-electron chi connectivity index (χ3n) is 4.83. The van der Waals surface area contributed by atoms with Gasteiger partial charge in [0.05, 0.1) is 19.9 Å². The number of hydrogen-bond acceptors (Lipinski definition) is 2. The van der Waals surface area contributed by atoms with Gasteiger partial charge in [0, 0.05) is 12.3 Å². The van der Waals surface area contributed by atoms with Gasteiger partial charge in [-0.25, -0.2) is 8.78 Å². The normalized spacial score (nSPS) is 20.1. The first kappa shape index (κ1) is 22.2. The lowest BCUT2D eigenvalue weighted by Gasteiger charge is -2.29. The van der Waals surface area contributed by atoms with Gasteiger partial charge in [0.2, 0.25) is 0 Å². The molecule has 0 bridgehead atoms. The molecule has 2 nitrogen and oxygen atoms in total. The Labute approximate surface area is 174 Å². The number of rotatable bonds is 7. The first-order chi connectivity index (χ1) is 13.8. The highest BCUT2D eigenvalue weighted by Crippen LogP contribution is 2.39. The third kappa shape index (κ3) is 5.77. The summed E-state index contributed by atoms with van der Waals surface area (Å²) in [5, 5.41) is 0. The number of ether oxygens (including phenoxy) is 2. The molecular formula is C21H20BrF5O2. The number of hydrogen-bond donors (Lipinski definition) is 0. The van der Waals surface area contributed by atoms with E-state index in [9.17, 15) is 22.0 Å². The molecule has 8 heteroatoms. The summed E-state index contributed by atoms with van der Waals surface area (Å²) in [5.74, 6) is -2.54. The van der Waals surface area contributed by atoms with E-state index in [4.69, 9.17) is 9.47 Å². The molecular weight excluding hydrogens is 459 g/mol. The Morgan fingerprint density at radius 3 is 2.03 bits per heavy atom. The highest BCUT2D eigenvalue weighted by molar-refractivity contribution is 9.09. The molecule has 0 unspecified atom stereocenters. The molecule has 1 aliphatic heterocycles. The van der Waals surface area contributed by atoms with Crippen LogP contribution in [0.25, 0.3) is 11.1 Å². The number of alkyl halides is 4. The van der Waals surface area contributed by atoms with Crippen molar-refractivity contribution < 1.29 is 31.4 Å². The van der Waals surface area contributed by atoms with Gasteiger partial charge in [-0.3, -0.25) is 4.39 Å². The number of aryl methyl sites for hydroxylation is 1. The van der Waals surface area contributed by atoms with Gasteiger partial charge in [0.15, 0.2) is 6.29 Å². The van der Waals surface area contributed by atoms with Crippen LogP contribution < -0.4 is 0 Å². The monoisotopic (exact) mass is 478 g/mol. The molecule has 1 heterocycles. The molecule has 29 heavy (non-hydrogen) atoms. The van der Waals surface area contributed by atoms with Crippen LogP contribution in [-0.2, 0) is 20.7 Å². The van der Waals surface area contributed by atoms with E-state index in [1.165, 1.54) is 0 Å². The van der Waals surface area contributed by atoms with E-state index < -0.39 is 22.0 Å². The first-order valence-electron chi connectivity index (χ1n) is 9.22. The van der Waals surface area contributed by atoms with Gasteiger partial charge in [0.25, 0.3) is 0 Å². The van der Waals surface area contributed by atoms with Crippen LogP contribution in [0.3, 0.4) is 0 Å². The second kappa shape index (κ2) is 9.53. The van der Waals surface area contributed by atoms with Gasteiger partial charge < -0.3 is 9.47 Å². The predicted molar refractivity (Wildman–Crippen MR) is 103 cm³/mol. The van der Waals surface area contributed by atoms with E-state index in [0.717, 1.165) is 17.7 Å². The van der Waals surface area contributed by atoms with Crippen LogP contribution in [0.15, 0.2) is 36.4 Å². The highest BCUT2D eigenvalue weighted by atomic mass is 79.9. The second-order valence-corrected chi connectivity index (χ2v) is 7.98. The van der Waals surface area contributed by atoms with Crippen LogP contribution in [-0.4, -0.2) is 26.2 Å². The van der Waals surface area contributed by atoms with Gasteiger partial charge in [-0.2, -0.15) is 8.78 Å². The Hall–Kier alpha value is -1.51. The molecule has 0 N–H and O–H groups in total. The maximum atomic E-state index is 14.0. The van der Waals surface area contributed by atoms with Crippen molar-refractivity contribution in [2.45, 2.75) is 30.4 Å². The number of benzene rings is 2. The summed E-state index contributed by atoms with van der Waals surface area (Å²) in [7, 11) is 0. The Kier molecular flexibility index (Phi) is 7.29. The fourth-order valence-corrected chi connectivity index (χ4v) is 3.61. The van der Waals surface area contributed by atoms with E-state index in [1.807, 2.05) is 15.9 Å². The number of halogens is 6. The van der Waals surface area contributed by atoms with Crippen LogP contribution in [0.4, 0.5) is 22.0 Å². The summed E-state index contributed by atoms with van der Waals surface area (Å²) in [6, 6.07) is 8.73. The Bertz CT molecular complexity index is 792. The summed E-state index contributed by atoms with van der Waals surface area (Å²) in [4.78, 5) is -3.78. The van der Waals surface area contributed by atoms with Crippen LogP contribution in [0.1, 0.15) is 24.0 Å². The molecule has 0 aromatic heterocycles. The minimum absolute atomic E-state index is 0.0900. The van der Waals surface area contributed by atoms with Crippen molar-refractivity contribution in [3.8, 4) is 11.1 Å². The van der Waals surface area contributed by atoms with Gasteiger partial charge in [0.1, 0.15) is 17.2 Å². The molecule has 3 rings (SSSR count). The second-order valence-electron chi connectivity index (χ2n) is 6.99. The zero-order valence-corrected chi connectivity index (χ0v) is 17.0. The van der Waals surface area contributed by atoms with E-state index in [-0.39, 0.29) is 24.4 Å². The SMILES string of the molecule is FCCC1COC(CCc2ccc(-c3cc(F)c(C(F)(F)Br)c(F)c3)cc2)OC1. The molecule has 1 saturated heterocycles. The zero-order valence-electron chi connectivity index (χ0n) is 15.4. The lowest BCUT2D eigenvalue weighted by Crippen LogP contribution is -2.32. The third-order valence-corrected chi connectivity index (χ3v) is 5.23. The molecule has 1 aliphatic rings. The van der Waals surface area contributed by atoms with Crippen molar-refractivity contribution in [1.29, 1.82) is 0 Å². The lowest BCUT2D eigenvalue weighted by molar-refractivity contribution is -0.203. The van der Waals surface area contributed by atoms with E-state index in [2.05, 4.69) is 0 Å². The van der Waals surface area contributed by atoms with Crippen molar-refractivity contribution in [2.75, 3.05) is 19.9 Å². The summed E-state index contributed by atoms with van der Waals surface area (Å²) in [6.45, 7) is 0.575. The predicted octanol–water partition coefficient (Wildman–Crippen LogP) is 6.36. The lowest BCUT2D eigenvalue weighted by atomic mass is 10.00. The molecule has 2 aromatic rings.